The molecule has 0 bridgehead atoms. The topological polar surface area (TPSA) is 78.9 Å². The molecule has 0 saturated heterocycles. The summed E-state index contributed by atoms with van der Waals surface area (Å²) in [4.78, 5) is 37.9. The third-order valence-corrected chi connectivity index (χ3v) is 10.3. The number of ether oxygens (including phenoxy) is 3. The summed E-state index contributed by atoms with van der Waals surface area (Å²) < 4.78 is 16.7. The van der Waals surface area contributed by atoms with Crippen molar-refractivity contribution >= 4 is 17.9 Å². The van der Waals surface area contributed by atoms with E-state index in [-0.39, 0.29) is 37.5 Å². The van der Waals surface area contributed by atoms with Crippen LogP contribution in [0.1, 0.15) is 213 Å². The Kier molecular flexibility index (Phi) is 47.5. The molecule has 0 spiro atoms. The van der Waals surface area contributed by atoms with E-state index in [4.69, 9.17) is 14.2 Å². The molecule has 0 N–H and O–H groups in total. The third kappa shape index (κ3) is 49.0. The molecule has 0 aliphatic carbocycles. The zero-order valence-electron chi connectivity index (χ0n) is 40.5. The van der Waals surface area contributed by atoms with Crippen LogP contribution in [0.2, 0.25) is 0 Å². The highest BCUT2D eigenvalue weighted by Crippen LogP contribution is 2.12. The first-order valence-electron chi connectivity index (χ1n) is 25.4. The lowest BCUT2D eigenvalue weighted by molar-refractivity contribution is -0.167. The van der Waals surface area contributed by atoms with Crippen molar-refractivity contribution in [3.05, 3.63) is 109 Å². The van der Waals surface area contributed by atoms with E-state index in [1.54, 1.807) is 0 Å². The lowest BCUT2D eigenvalue weighted by Crippen LogP contribution is -2.30. The number of allylic oxidation sites excluding steroid dienone is 18. The zero-order chi connectivity index (χ0) is 45.8. The van der Waals surface area contributed by atoms with Crippen LogP contribution >= 0.6 is 0 Å². The fourth-order valence-corrected chi connectivity index (χ4v) is 6.46. The van der Waals surface area contributed by atoms with Crippen LogP contribution in [-0.2, 0) is 28.6 Å². The monoisotopic (exact) mass is 873 g/mol. The van der Waals surface area contributed by atoms with Gasteiger partial charge in [-0.05, 0) is 103 Å². The molecule has 1 unspecified atom stereocenters. The maximum absolute atomic E-state index is 12.8. The van der Waals surface area contributed by atoms with Crippen molar-refractivity contribution < 1.29 is 28.6 Å². The van der Waals surface area contributed by atoms with Crippen LogP contribution in [-0.4, -0.2) is 37.2 Å². The van der Waals surface area contributed by atoms with Gasteiger partial charge in [-0.2, -0.15) is 0 Å². The molecule has 0 aliphatic heterocycles. The van der Waals surface area contributed by atoms with Gasteiger partial charge in [-0.15, -0.1) is 0 Å². The summed E-state index contributed by atoms with van der Waals surface area (Å²) in [6, 6.07) is 0. The van der Waals surface area contributed by atoms with Gasteiger partial charge in [-0.25, -0.2) is 0 Å². The van der Waals surface area contributed by atoms with Gasteiger partial charge in [0.15, 0.2) is 6.10 Å². The second-order valence-corrected chi connectivity index (χ2v) is 16.3. The van der Waals surface area contributed by atoms with Crippen molar-refractivity contribution in [2.24, 2.45) is 0 Å². The Hall–Kier alpha value is -3.93. The van der Waals surface area contributed by atoms with Crippen molar-refractivity contribution in [1.29, 1.82) is 0 Å². The molecular weight excluding hydrogens is 781 g/mol. The Labute approximate surface area is 387 Å². The average Bonchev–Trinajstić information content (AvgIpc) is 3.28. The number of unbranched alkanes of at least 4 members (excludes halogenated alkanes) is 15. The van der Waals surface area contributed by atoms with Crippen LogP contribution in [0.25, 0.3) is 0 Å². The van der Waals surface area contributed by atoms with Crippen LogP contribution in [0.3, 0.4) is 0 Å². The maximum Gasteiger partial charge on any atom is 0.306 e. The van der Waals surface area contributed by atoms with E-state index < -0.39 is 6.10 Å². The Morgan fingerprint density at radius 3 is 1.05 bits per heavy atom. The highest BCUT2D eigenvalue weighted by atomic mass is 16.6. The van der Waals surface area contributed by atoms with Crippen molar-refractivity contribution in [2.75, 3.05) is 13.2 Å². The standard InChI is InChI=1S/C57H92O6/c1-4-7-10-13-16-19-21-23-25-27-28-30-31-33-35-38-41-44-47-50-56(59)62-53-54(52-61-55(58)49-46-43-40-37-18-15-12-9-6-3)63-57(60)51-48-45-42-39-36-34-32-29-26-24-22-20-17-14-11-8-5-2/h7,10,16-17,19-20,23-26,28,30,32-35,39,42,54H,4-6,8-9,11-15,18,21-22,27,29,31,36-38,40-41,43-53H2,1-3H3/b10-7-,19-16-,20-17-,25-23-,26-24-,30-28-,34-32-,35-33-,42-39-. The molecule has 0 radical (unpaired) electrons. The van der Waals surface area contributed by atoms with E-state index in [0.717, 1.165) is 103 Å². The molecule has 0 heterocycles. The second kappa shape index (κ2) is 50.7. The van der Waals surface area contributed by atoms with E-state index in [9.17, 15) is 14.4 Å². The van der Waals surface area contributed by atoms with E-state index in [0.29, 0.717) is 19.3 Å². The lowest BCUT2D eigenvalue weighted by Gasteiger charge is -2.18. The summed E-state index contributed by atoms with van der Waals surface area (Å²) in [5.41, 5.74) is 0. The fourth-order valence-electron chi connectivity index (χ4n) is 6.46. The van der Waals surface area contributed by atoms with Gasteiger partial charge in [-0.1, -0.05) is 201 Å². The fraction of sp³-hybridized carbons (Fsp3) is 0.632. The summed E-state index contributed by atoms with van der Waals surface area (Å²) in [6.07, 6.45) is 67.9. The van der Waals surface area contributed by atoms with E-state index in [1.165, 1.54) is 64.2 Å². The lowest BCUT2D eigenvalue weighted by atomic mass is 10.1. The first kappa shape index (κ1) is 59.1. The molecule has 0 aliphatic rings. The van der Waals surface area contributed by atoms with Gasteiger partial charge in [0.2, 0.25) is 0 Å². The summed E-state index contributed by atoms with van der Waals surface area (Å²) in [6.45, 7) is 6.38. The predicted octanol–water partition coefficient (Wildman–Crippen LogP) is 16.8. The molecule has 0 aromatic carbocycles. The molecule has 0 amide bonds. The first-order valence-corrected chi connectivity index (χ1v) is 25.4. The molecule has 63 heavy (non-hydrogen) atoms. The molecule has 6 heteroatoms. The van der Waals surface area contributed by atoms with Crippen LogP contribution in [0.4, 0.5) is 0 Å². The average molecular weight is 873 g/mol. The Morgan fingerprint density at radius 1 is 0.333 bits per heavy atom. The van der Waals surface area contributed by atoms with Gasteiger partial charge in [0.25, 0.3) is 0 Å². The molecule has 6 nitrogen and oxygen atoms in total. The second-order valence-electron chi connectivity index (χ2n) is 16.3. The quantitative estimate of drug-likeness (QED) is 0.0263. The van der Waals surface area contributed by atoms with Crippen molar-refractivity contribution in [3.8, 4) is 0 Å². The Balaban J connectivity index is 4.50. The molecule has 0 aromatic heterocycles. The van der Waals surface area contributed by atoms with Gasteiger partial charge >= 0.3 is 17.9 Å². The van der Waals surface area contributed by atoms with Gasteiger partial charge in [-0.3, -0.25) is 14.4 Å². The number of carbonyl (C=O) groups is 3. The largest absolute Gasteiger partial charge is 0.462 e. The van der Waals surface area contributed by atoms with Crippen LogP contribution < -0.4 is 0 Å². The van der Waals surface area contributed by atoms with E-state index >= 15 is 0 Å². The molecule has 0 aromatic rings. The predicted molar refractivity (Wildman–Crippen MR) is 270 cm³/mol. The SMILES string of the molecule is CC/C=C\C/C=C\C/C=C\C/C=C\C/C=C\CCCCCC(=O)OCC(COC(=O)CCCCCCCCCCC)OC(=O)CCC/C=C\C/C=C\C/C=C\C/C=C\CCCCC. The number of carbonyl (C=O) groups excluding carboxylic acids is 3. The first-order chi connectivity index (χ1) is 31.0. The molecule has 356 valence electrons. The highest BCUT2D eigenvalue weighted by Gasteiger charge is 2.19. The number of esters is 3. The summed E-state index contributed by atoms with van der Waals surface area (Å²) >= 11 is 0. The summed E-state index contributed by atoms with van der Waals surface area (Å²) in [5, 5.41) is 0. The molecule has 1 atom stereocenters. The minimum atomic E-state index is -0.819. The number of hydrogen-bond acceptors (Lipinski definition) is 6. The van der Waals surface area contributed by atoms with Crippen molar-refractivity contribution in [3.63, 3.8) is 0 Å². The normalized spacial score (nSPS) is 13.0. The zero-order valence-corrected chi connectivity index (χ0v) is 40.5. The van der Waals surface area contributed by atoms with Gasteiger partial charge in [0, 0.05) is 19.3 Å². The molecule has 0 saturated carbocycles. The minimum Gasteiger partial charge on any atom is -0.462 e. The van der Waals surface area contributed by atoms with E-state index in [2.05, 4.69) is 130 Å². The minimum absolute atomic E-state index is 0.111. The number of rotatable bonds is 44. The molecular formula is C57H92O6. The third-order valence-electron chi connectivity index (χ3n) is 10.3. The number of hydrogen-bond donors (Lipinski definition) is 0. The van der Waals surface area contributed by atoms with Crippen LogP contribution in [0, 0.1) is 0 Å². The summed E-state index contributed by atoms with van der Waals surface area (Å²) in [7, 11) is 0. The van der Waals surface area contributed by atoms with Gasteiger partial charge < -0.3 is 14.2 Å². The van der Waals surface area contributed by atoms with E-state index in [1.807, 2.05) is 0 Å². The van der Waals surface area contributed by atoms with Gasteiger partial charge in [0.1, 0.15) is 13.2 Å². The Morgan fingerprint density at radius 2 is 0.635 bits per heavy atom. The smallest absolute Gasteiger partial charge is 0.306 e. The van der Waals surface area contributed by atoms with Crippen molar-refractivity contribution in [1.82, 2.24) is 0 Å². The molecule has 0 rings (SSSR count). The highest BCUT2D eigenvalue weighted by molar-refractivity contribution is 5.71. The Bertz CT molecular complexity index is 1330. The van der Waals surface area contributed by atoms with Crippen LogP contribution in [0.15, 0.2) is 109 Å². The van der Waals surface area contributed by atoms with Gasteiger partial charge in [0.05, 0.1) is 0 Å². The maximum atomic E-state index is 12.8. The summed E-state index contributed by atoms with van der Waals surface area (Å²) in [5.74, 6) is -1.01. The van der Waals surface area contributed by atoms with Crippen LogP contribution in [0.5, 0.6) is 0 Å². The van der Waals surface area contributed by atoms with Crippen molar-refractivity contribution in [2.45, 2.75) is 219 Å². The molecule has 0 fully saturated rings.